The summed E-state index contributed by atoms with van der Waals surface area (Å²) < 4.78 is 73.6. The molecule has 0 fully saturated rings. The maximum Gasteiger partial charge on any atom is 0.416 e. The van der Waals surface area contributed by atoms with Gasteiger partial charge in [-0.1, -0.05) is 6.07 Å². The summed E-state index contributed by atoms with van der Waals surface area (Å²) in [7, 11) is -3.20. The van der Waals surface area contributed by atoms with Crippen molar-refractivity contribution in [2.75, 3.05) is 25.6 Å². The fourth-order valence-electron chi connectivity index (χ4n) is 2.36. The number of hydrogen-bond acceptors (Lipinski definition) is 8. The zero-order valence-electron chi connectivity index (χ0n) is 16.7. The van der Waals surface area contributed by atoms with Crippen molar-refractivity contribution in [3.8, 4) is 5.75 Å². The van der Waals surface area contributed by atoms with Crippen LogP contribution in [0.2, 0.25) is 0 Å². The minimum absolute atomic E-state index is 0.166. The van der Waals surface area contributed by atoms with Gasteiger partial charge in [0.1, 0.15) is 18.0 Å². The summed E-state index contributed by atoms with van der Waals surface area (Å²) in [4.78, 5) is 33.2. The van der Waals surface area contributed by atoms with Gasteiger partial charge in [0.05, 0.1) is 28.6 Å². The van der Waals surface area contributed by atoms with E-state index < -0.39 is 62.3 Å². The van der Waals surface area contributed by atoms with E-state index in [4.69, 9.17) is 4.74 Å². The van der Waals surface area contributed by atoms with Crippen LogP contribution in [0.4, 0.5) is 24.5 Å². The third-order valence-corrected chi connectivity index (χ3v) is 5.32. The van der Waals surface area contributed by atoms with Gasteiger partial charge in [-0.3, -0.25) is 19.7 Å². The highest BCUT2D eigenvalue weighted by Crippen LogP contribution is 2.30. The van der Waals surface area contributed by atoms with E-state index in [0.717, 1.165) is 18.2 Å². The molecule has 2 rings (SSSR count). The smallest absolute Gasteiger partial charge is 0.416 e. The highest BCUT2D eigenvalue weighted by Gasteiger charge is 2.31. The van der Waals surface area contributed by atoms with Crippen LogP contribution >= 0.6 is 0 Å². The third kappa shape index (κ3) is 7.15. The number of amides is 1. The maximum atomic E-state index is 12.7. The summed E-state index contributed by atoms with van der Waals surface area (Å²) >= 11 is 0. The Morgan fingerprint density at radius 1 is 1.15 bits per heavy atom. The first-order valence-corrected chi connectivity index (χ1v) is 10.3. The monoisotopic (exact) mass is 491 g/mol. The van der Waals surface area contributed by atoms with Crippen molar-refractivity contribution in [1.29, 1.82) is 0 Å². The lowest BCUT2D eigenvalue weighted by Crippen LogP contribution is -2.32. The summed E-state index contributed by atoms with van der Waals surface area (Å²) in [5, 5.41) is 13.3. The molecule has 0 bridgehead atoms. The Labute approximate surface area is 184 Å². The lowest BCUT2D eigenvalue weighted by molar-refractivity contribution is -0.384. The number of carbonyl (C=O) groups excluding carboxylic acids is 2. The van der Waals surface area contributed by atoms with Gasteiger partial charge in [-0.15, -0.1) is 0 Å². The normalized spacial score (nSPS) is 11.5. The van der Waals surface area contributed by atoms with Gasteiger partial charge in [-0.05, 0) is 30.3 Å². The third-order valence-electron chi connectivity index (χ3n) is 3.92. The van der Waals surface area contributed by atoms with E-state index in [1.165, 1.54) is 19.2 Å². The minimum Gasteiger partial charge on any atom is -0.496 e. The molecule has 0 aliphatic carbocycles. The molecule has 0 unspecified atom stereocenters. The average Bonchev–Trinajstić information content (AvgIpc) is 2.76. The summed E-state index contributed by atoms with van der Waals surface area (Å²) in [5.74, 6) is -2.01. The van der Waals surface area contributed by atoms with Crippen LogP contribution in [-0.2, 0) is 30.5 Å². The van der Waals surface area contributed by atoms with Crippen LogP contribution in [0.1, 0.15) is 5.56 Å². The maximum absolute atomic E-state index is 12.7. The number of esters is 1. The lowest BCUT2D eigenvalue weighted by atomic mass is 10.2. The number of hydrogen-bond donors (Lipinski definition) is 2. The van der Waals surface area contributed by atoms with Gasteiger partial charge in [0, 0.05) is 0 Å². The van der Waals surface area contributed by atoms with E-state index >= 15 is 0 Å². The summed E-state index contributed by atoms with van der Waals surface area (Å²) in [6.45, 7) is -1.89. The Hall–Kier alpha value is -3.72. The quantitative estimate of drug-likeness (QED) is 0.307. The zero-order chi connectivity index (χ0) is 24.8. The van der Waals surface area contributed by atoms with Crippen LogP contribution in [0.5, 0.6) is 5.75 Å². The van der Waals surface area contributed by atoms with E-state index in [2.05, 4.69) is 10.1 Å². The molecule has 2 aromatic carbocycles. The molecule has 1 amide bonds. The number of rotatable bonds is 9. The second-order valence-corrected chi connectivity index (χ2v) is 7.97. The number of carbonyl (C=O) groups is 2. The number of anilines is 1. The predicted octanol–water partition coefficient (Wildman–Crippen LogP) is 2.08. The highest BCUT2D eigenvalue weighted by molar-refractivity contribution is 7.89. The van der Waals surface area contributed by atoms with Crippen molar-refractivity contribution < 1.29 is 45.6 Å². The van der Waals surface area contributed by atoms with Crippen molar-refractivity contribution in [2.24, 2.45) is 0 Å². The number of benzene rings is 2. The molecule has 2 N–H and O–H groups in total. The van der Waals surface area contributed by atoms with Gasteiger partial charge in [0.2, 0.25) is 10.0 Å². The van der Waals surface area contributed by atoms with E-state index in [-0.39, 0.29) is 11.4 Å². The first kappa shape index (κ1) is 25.5. The molecule has 0 radical (unpaired) electrons. The number of ether oxygens (including phenoxy) is 2. The molecule has 33 heavy (non-hydrogen) atoms. The van der Waals surface area contributed by atoms with Crippen LogP contribution < -0.4 is 14.8 Å². The Kier molecular flexibility index (Phi) is 7.94. The SMILES string of the molecule is COc1ccc(NC(=O)COC(=O)CNS(=O)(=O)c2cccc(C(F)(F)F)c2)c([N+](=O)[O-])c1. The first-order chi connectivity index (χ1) is 15.3. The number of nitrogens with one attached hydrogen (secondary N) is 2. The predicted molar refractivity (Wildman–Crippen MR) is 106 cm³/mol. The average molecular weight is 491 g/mol. The molecule has 178 valence electrons. The second-order valence-electron chi connectivity index (χ2n) is 6.20. The molecule has 0 aromatic heterocycles. The fraction of sp³-hybridized carbons (Fsp3) is 0.222. The summed E-state index contributed by atoms with van der Waals surface area (Å²) in [5.41, 5.74) is -1.88. The van der Waals surface area contributed by atoms with E-state index in [9.17, 15) is 41.3 Å². The van der Waals surface area contributed by atoms with Gasteiger partial charge in [-0.25, -0.2) is 8.42 Å². The number of nitro groups is 1. The lowest BCUT2D eigenvalue weighted by Gasteiger charge is -2.10. The van der Waals surface area contributed by atoms with E-state index in [0.29, 0.717) is 12.1 Å². The molecule has 0 aliphatic rings. The Bertz CT molecular complexity index is 1170. The highest BCUT2D eigenvalue weighted by atomic mass is 32.2. The number of sulfonamides is 1. The molecular weight excluding hydrogens is 475 g/mol. The van der Waals surface area contributed by atoms with Crippen LogP contribution in [0.15, 0.2) is 47.4 Å². The zero-order valence-corrected chi connectivity index (χ0v) is 17.5. The molecule has 0 saturated carbocycles. The molecule has 0 saturated heterocycles. The van der Waals surface area contributed by atoms with Crippen molar-refractivity contribution in [3.63, 3.8) is 0 Å². The Morgan fingerprint density at radius 3 is 2.45 bits per heavy atom. The van der Waals surface area contributed by atoms with E-state index in [1.54, 1.807) is 4.72 Å². The van der Waals surface area contributed by atoms with Crippen LogP contribution in [0.25, 0.3) is 0 Å². The van der Waals surface area contributed by atoms with Crippen LogP contribution in [0.3, 0.4) is 0 Å². The van der Waals surface area contributed by atoms with E-state index in [1.807, 2.05) is 0 Å². The molecule has 0 aliphatic heterocycles. The van der Waals surface area contributed by atoms with Crippen molar-refractivity contribution in [1.82, 2.24) is 4.72 Å². The second kappa shape index (κ2) is 10.3. The van der Waals surface area contributed by atoms with Gasteiger partial charge in [-0.2, -0.15) is 17.9 Å². The van der Waals surface area contributed by atoms with Crippen LogP contribution in [-0.4, -0.2) is 45.5 Å². The Balaban J connectivity index is 1.93. The molecule has 0 heterocycles. The number of nitrogens with zero attached hydrogens (tertiary/aromatic N) is 1. The molecule has 15 heteroatoms. The van der Waals surface area contributed by atoms with Gasteiger partial charge in [0.25, 0.3) is 11.6 Å². The topological polar surface area (TPSA) is 154 Å². The van der Waals surface area contributed by atoms with Gasteiger partial charge in [0.15, 0.2) is 6.61 Å². The summed E-state index contributed by atoms with van der Waals surface area (Å²) in [6, 6.07) is 6.46. The standard InChI is InChI=1S/C18H16F3N3O8S/c1-31-12-5-6-14(15(8-12)24(27)28)23-16(25)10-32-17(26)9-22-33(29,30)13-4-2-3-11(7-13)18(19,20)21/h2-8,22H,9-10H2,1H3,(H,23,25). The number of methoxy groups -OCH3 is 1. The molecule has 2 aromatic rings. The molecule has 0 spiro atoms. The largest absolute Gasteiger partial charge is 0.496 e. The van der Waals surface area contributed by atoms with Gasteiger partial charge < -0.3 is 14.8 Å². The number of halogens is 3. The Morgan fingerprint density at radius 2 is 1.85 bits per heavy atom. The fourth-order valence-corrected chi connectivity index (χ4v) is 3.37. The van der Waals surface area contributed by atoms with Crippen molar-refractivity contribution >= 4 is 33.3 Å². The van der Waals surface area contributed by atoms with Crippen LogP contribution in [0, 0.1) is 10.1 Å². The molecular formula is C18H16F3N3O8S. The number of alkyl halides is 3. The first-order valence-electron chi connectivity index (χ1n) is 8.78. The summed E-state index contributed by atoms with van der Waals surface area (Å²) in [6.07, 6.45) is -4.77. The number of nitro benzene ring substituents is 1. The van der Waals surface area contributed by atoms with Crippen molar-refractivity contribution in [2.45, 2.75) is 11.1 Å². The van der Waals surface area contributed by atoms with Crippen molar-refractivity contribution in [3.05, 3.63) is 58.1 Å². The molecule has 11 nitrogen and oxygen atoms in total. The molecule has 0 atom stereocenters. The minimum atomic E-state index is -4.77. The van der Waals surface area contributed by atoms with Gasteiger partial charge >= 0.3 is 12.1 Å².